The Labute approximate surface area is 188 Å². The Morgan fingerprint density at radius 1 is 0.621 bits per heavy atom. The zero-order valence-electron chi connectivity index (χ0n) is 19.5. The highest BCUT2D eigenvalue weighted by Crippen LogP contribution is 2.13. The molecule has 4 N–H and O–H groups in total. The quantitative estimate of drug-likeness (QED) is 0.170. The zero-order chi connectivity index (χ0) is 20.5. The Bertz CT molecular complexity index is 317. The van der Waals surface area contributed by atoms with E-state index in [2.05, 4.69) is 17.6 Å². The number of carbonyl (C=O) groups is 1. The normalized spacial score (nSPS) is 10.7. The van der Waals surface area contributed by atoms with Crippen LogP contribution in [0.4, 0.5) is 0 Å². The van der Waals surface area contributed by atoms with Gasteiger partial charge in [0.15, 0.2) is 0 Å². The lowest BCUT2D eigenvalue weighted by atomic mass is 10.0. The molecule has 0 spiro atoms. The van der Waals surface area contributed by atoms with Gasteiger partial charge in [-0.05, 0) is 25.9 Å². The van der Waals surface area contributed by atoms with Gasteiger partial charge in [-0.25, -0.2) is 0 Å². The molecule has 0 atom stereocenters. The van der Waals surface area contributed by atoms with Crippen molar-refractivity contribution in [3.05, 3.63) is 0 Å². The van der Waals surface area contributed by atoms with Gasteiger partial charge in [0, 0.05) is 19.5 Å². The average Bonchev–Trinajstić information content (AvgIpc) is 2.70. The molecule has 5 heteroatoms. The molecule has 0 aliphatic carbocycles. The molecule has 0 bridgehead atoms. The molecule has 176 valence electrons. The molecule has 0 saturated heterocycles. The Morgan fingerprint density at radius 2 is 1.07 bits per heavy atom. The second kappa shape index (κ2) is 27.7. The van der Waals surface area contributed by atoms with Crippen LogP contribution in [0.3, 0.4) is 0 Å². The first-order valence-electron chi connectivity index (χ1n) is 12.5. The number of unbranched alkanes of at least 4 members (excludes halogenated alkanes) is 15. The number of hydrogen-bond acceptors (Lipinski definition) is 3. The Hall–Kier alpha value is -0.320. The van der Waals surface area contributed by atoms with Gasteiger partial charge in [-0.15, -0.1) is 12.4 Å². The maximum Gasteiger partial charge on any atom is 0.221 e. The number of amides is 1. The zero-order valence-corrected chi connectivity index (χ0v) is 20.3. The third kappa shape index (κ3) is 27.7. The van der Waals surface area contributed by atoms with Crippen LogP contribution in [0.1, 0.15) is 122 Å². The van der Waals surface area contributed by atoms with Gasteiger partial charge in [0.2, 0.25) is 5.91 Å². The van der Waals surface area contributed by atoms with Crippen LogP contribution >= 0.6 is 12.4 Å². The minimum Gasteiger partial charge on any atom is -0.356 e. The first-order valence-corrected chi connectivity index (χ1v) is 12.5. The van der Waals surface area contributed by atoms with Crippen molar-refractivity contribution in [3.63, 3.8) is 0 Å². The largest absolute Gasteiger partial charge is 0.356 e. The van der Waals surface area contributed by atoms with Crippen molar-refractivity contribution in [2.75, 3.05) is 26.2 Å². The van der Waals surface area contributed by atoms with Crippen LogP contribution < -0.4 is 16.4 Å². The minimum atomic E-state index is 0. The highest BCUT2D eigenvalue weighted by Gasteiger charge is 1.99. The van der Waals surface area contributed by atoms with E-state index in [-0.39, 0.29) is 18.3 Å². The summed E-state index contributed by atoms with van der Waals surface area (Å²) in [5, 5.41) is 6.25. The molecule has 0 aromatic carbocycles. The summed E-state index contributed by atoms with van der Waals surface area (Å²) < 4.78 is 0. The third-order valence-corrected chi connectivity index (χ3v) is 5.44. The third-order valence-electron chi connectivity index (χ3n) is 5.44. The summed E-state index contributed by atoms with van der Waals surface area (Å²) in [5.74, 6) is 0.132. The summed E-state index contributed by atoms with van der Waals surface area (Å²) in [6, 6.07) is 0. The molecule has 0 aliphatic heterocycles. The summed E-state index contributed by atoms with van der Waals surface area (Å²) in [6.45, 7) is 5.45. The molecule has 0 fully saturated rings. The number of nitrogens with one attached hydrogen (secondary N) is 2. The standard InChI is InChI=1S/C24H51N3O.ClH/c1-2-3-4-5-6-7-8-9-10-11-12-13-14-15-16-17-21-26-23-19-24(28)27-22-18-20-25;/h26H,2-23,25H2,1H3,(H,27,28);1H. The fourth-order valence-corrected chi connectivity index (χ4v) is 3.54. The number of nitrogens with two attached hydrogens (primary N) is 1. The summed E-state index contributed by atoms with van der Waals surface area (Å²) in [5.41, 5.74) is 5.40. The van der Waals surface area contributed by atoms with E-state index in [1.165, 1.54) is 103 Å². The van der Waals surface area contributed by atoms with Crippen molar-refractivity contribution < 1.29 is 4.79 Å². The molecule has 0 heterocycles. The Balaban J connectivity index is 0. The van der Waals surface area contributed by atoms with Crippen LogP contribution in [0.2, 0.25) is 0 Å². The summed E-state index contributed by atoms with van der Waals surface area (Å²) >= 11 is 0. The van der Waals surface area contributed by atoms with Crippen LogP contribution in [0.25, 0.3) is 0 Å². The van der Waals surface area contributed by atoms with E-state index in [0.29, 0.717) is 19.5 Å². The molecule has 1 amide bonds. The van der Waals surface area contributed by atoms with Crippen molar-refractivity contribution >= 4 is 18.3 Å². The monoisotopic (exact) mass is 433 g/mol. The molecule has 0 radical (unpaired) electrons. The molecule has 0 aliphatic rings. The van der Waals surface area contributed by atoms with Gasteiger partial charge in [0.1, 0.15) is 0 Å². The van der Waals surface area contributed by atoms with E-state index < -0.39 is 0 Å². The molecule has 0 aromatic heterocycles. The van der Waals surface area contributed by atoms with Crippen LogP contribution in [0, 0.1) is 0 Å². The summed E-state index contributed by atoms with van der Waals surface area (Å²) in [4.78, 5) is 11.5. The highest BCUT2D eigenvalue weighted by molar-refractivity contribution is 5.85. The number of rotatable bonds is 23. The second-order valence-corrected chi connectivity index (χ2v) is 8.30. The lowest BCUT2D eigenvalue weighted by molar-refractivity contribution is -0.120. The van der Waals surface area contributed by atoms with Gasteiger partial charge in [0.05, 0.1) is 0 Å². The molecular weight excluding hydrogens is 382 g/mol. The second-order valence-electron chi connectivity index (χ2n) is 8.30. The first kappa shape index (κ1) is 30.9. The van der Waals surface area contributed by atoms with Crippen LogP contribution in [0.15, 0.2) is 0 Å². The lowest BCUT2D eigenvalue weighted by Gasteiger charge is -2.06. The van der Waals surface area contributed by atoms with Crippen molar-refractivity contribution in [1.82, 2.24) is 10.6 Å². The van der Waals surface area contributed by atoms with Crippen molar-refractivity contribution in [2.24, 2.45) is 5.73 Å². The fraction of sp³-hybridized carbons (Fsp3) is 0.958. The fourth-order valence-electron chi connectivity index (χ4n) is 3.54. The molecular formula is C24H52ClN3O. The molecule has 0 rings (SSSR count). The average molecular weight is 434 g/mol. The van der Waals surface area contributed by atoms with Crippen LogP contribution in [-0.2, 0) is 4.79 Å². The molecule has 0 saturated carbocycles. The minimum absolute atomic E-state index is 0. The lowest BCUT2D eigenvalue weighted by Crippen LogP contribution is -2.29. The SMILES string of the molecule is CCCCCCCCCCCCCCCCCCNCCC(=O)NCCCN.Cl. The van der Waals surface area contributed by atoms with Gasteiger partial charge in [-0.3, -0.25) is 4.79 Å². The smallest absolute Gasteiger partial charge is 0.221 e. The van der Waals surface area contributed by atoms with E-state index in [1.807, 2.05) is 0 Å². The van der Waals surface area contributed by atoms with E-state index in [4.69, 9.17) is 5.73 Å². The maximum atomic E-state index is 11.5. The molecule has 0 unspecified atom stereocenters. The van der Waals surface area contributed by atoms with Gasteiger partial charge >= 0.3 is 0 Å². The summed E-state index contributed by atoms with van der Waals surface area (Å²) in [7, 11) is 0. The Kier molecular flexibility index (Phi) is 29.5. The predicted octanol–water partition coefficient (Wildman–Crippen LogP) is 6.11. The van der Waals surface area contributed by atoms with Gasteiger partial charge in [-0.1, -0.05) is 103 Å². The van der Waals surface area contributed by atoms with E-state index >= 15 is 0 Å². The van der Waals surface area contributed by atoms with Crippen LogP contribution in [0.5, 0.6) is 0 Å². The van der Waals surface area contributed by atoms with Crippen molar-refractivity contribution in [2.45, 2.75) is 122 Å². The van der Waals surface area contributed by atoms with E-state index in [0.717, 1.165) is 19.5 Å². The van der Waals surface area contributed by atoms with Crippen molar-refractivity contribution in [1.29, 1.82) is 0 Å². The van der Waals surface area contributed by atoms with E-state index in [9.17, 15) is 4.79 Å². The molecule has 0 aromatic rings. The number of halogens is 1. The predicted molar refractivity (Wildman–Crippen MR) is 131 cm³/mol. The van der Waals surface area contributed by atoms with Gasteiger partial charge in [-0.2, -0.15) is 0 Å². The number of hydrogen-bond donors (Lipinski definition) is 3. The topological polar surface area (TPSA) is 67.2 Å². The van der Waals surface area contributed by atoms with Crippen molar-refractivity contribution in [3.8, 4) is 0 Å². The van der Waals surface area contributed by atoms with Crippen LogP contribution in [-0.4, -0.2) is 32.1 Å². The molecule has 4 nitrogen and oxygen atoms in total. The maximum absolute atomic E-state index is 11.5. The number of carbonyl (C=O) groups excluding carboxylic acids is 1. The van der Waals surface area contributed by atoms with Gasteiger partial charge in [0.25, 0.3) is 0 Å². The summed E-state index contributed by atoms with van der Waals surface area (Å²) in [6.07, 6.45) is 23.9. The van der Waals surface area contributed by atoms with E-state index in [1.54, 1.807) is 0 Å². The van der Waals surface area contributed by atoms with Gasteiger partial charge < -0.3 is 16.4 Å². The first-order chi connectivity index (χ1) is 13.8. The highest BCUT2D eigenvalue weighted by atomic mass is 35.5. The Morgan fingerprint density at radius 3 is 1.52 bits per heavy atom. The molecule has 29 heavy (non-hydrogen) atoms.